The average Bonchev–Trinajstić information content (AvgIpc) is 2.33. The fourth-order valence-corrected chi connectivity index (χ4v) is 2.34. The third-order valence-electron chi connectivity index (χ3n) is 2.62. The highest BCUT2D eigenvalue weighted by molar-refractivity contribution is 9.10. The van der Waals surface area contributed by atoms with Gasteiger partial charge in [-0.25, -0.2) is 4.39 Å². The Balaban J connectivity index is 2.36. The Morgan fingerprint density at radius 2 is 1.65 bits per heavy atom. The highest BCUT2D eigenvalue weighted by Gasteiger charge is 2.31. The van der Waals surface area contributed by atoms with Gasteiger partial charge < -0.3 is 4.74 Å². The second kappa shape index (κ2) is 5.44. The summed E-state index contributed by atoms with van der Waals surface area (Å²) in [6.07, 6.45) is -4.74. The summed E-state index contributed by atoms with van der Waals surface area (Å²) in [6, 6.07) is 8.26. The number of rotatable bonds is 2. The monoisotopic (exact) mass is 348 g/mol. The zero-order chi connectivity index (χ0) is 14.9. The molecule has 0 aliphatic heterocycles. The molecule has 0 aliphatic carbocycles. The topological polar surface area (TPSA) is 9.23 Å². The van der Waals surface area contributed by atoms with Crippen LogP contribution in [-0.4, -0.2) is 6.36 Å². The molecule has 0 saturated heterocycles. The van der Waals surface area contributed by atoms with Crippen LogP contribution in [0.1, 0.15) is 5.56 Å². The third-order valence-corrected chi connectivity index (χ3v) is 3.08. The first kappa shape index (κ1) is 14.8. The molecule has 20 heavy (non-hydrogen) atoms. The molecule has 0 fully saturated rings. The van der Waals surface area contributed by atoms with E-state index in [9.17, 15) is 17.6 Å². The van der Waals surface area contributed by atoms with Crippen molar-refractivity contribution in [3.8, 4) is 16.9 Å². The van der Waals surface area contributed by atoms with Gasteiger partial charge in [-0.1, -0.05) is 28.1 Å². The Bertz CT molecular complexity index is 620. The molecular formula is C14H9BrF4O. The van der Waals surface area contributed by atoms with E-state index in [1.807, 2.05) is 0 Å². The quantitative estimate of drug-likeness (QED) is 0.654. The SMILES string of the molecule is Cc1cc(Br)cc(-c2ccc(OC(F)(F)F)cc2)c1F. The van der Waals surface area contributed by atoms with Crippen LogP contribution < -0.4 is 4.74 Å². The summed E-state index contributed by atoms with van der Waals surface area (Å²) in [7, 11) is 0. The fraction of sp³-hybridized carbons (Fsp3) is 0.143. The van der Waals surface area contributed by atoms with Crippen molar-refractivity contribution >= 4 is 15.9 Å². The van der Waals surface area contributed by atoms with Gasteiger partial charge in [0.1, 0.15) is 11.6 Å². The van der Waals surface area contributed by atoms with Gasteiger partial charge in [0, 0.05) is 10.0 Å². The number of aryl methyl sites for hydroxylation is 1. The van der Waals surface area contributed by atoms with Crippen molar-refractivity contribution in [2.45, 2.75) is 13.3 Å². The van der Waals surface area contributed by atoms with E-state index in [1.54, 1.807) is 19.1 Å². The van der Waals surface area contributed by atoms with Gasteiger partial charge in [-0.3, -0.25) is 0 Å². The fourth-order valence-electron chi connectivity index (χ4n) is 1.77. The van der Waals surface area contributed by atoms with Crippen molar-refractivity contribution in [1.29, 1.82) is 0 Å². The van der Waals surface area contributed by atoms with Crippen LogP contribution in [0.15, 0.2) is 40.9 Å². The molecule has 0 atom stereocenters. The molecule has 0 aromatic heterocycles. The third kappa shape index (κ3) is 3.50. The first-order valence-corrected chi connectivity index (χ1v) is 6.37. The summed E-state index contributed by atoms with van der Waals surface area (Å²) in [5.74, 6) is -0.744. The predicted molar refractivity (Wildman–Crippen MR) is 71.0 cm³/mol. The van der Waals surface area contributed by atoms with E-state index in [2.05, 4.69) is 20.7 Å². The zero-order valence-electron chi connectivity index (χ0n) is 10.3. The summed E-state index contributed by atoms with van der Waals surface area (Å²) in [6.45, 7) is 1.62. The van der Waals surface area contributed by atoms with E-state index in [0.717, 1.165) is 12.1 Å². The molecule has 2 rings (SSSR count). The van der Waals surface area contributed by atoms with Gasteiger partial charge in [-0.05, 0) is 42.3 Å². The maximum atomic E-state index is 14.0. The van der Waals surface area contributed by atoms with Crippen molar-refractivity contribution in [1.82, 2.24) is 0 Å². The van der Waals surface area contributed by atoms with Gasteiger partial charge in [0.2, 0.25) is 0 Å². The number of alkyl halides is 3. The molecule has 0 unspecified atom stereocenters. The molecule has 0 heterocycles. The lowest BCUT2D eigenvalue weighted by Crippen LogP contribution is -2.16. The van der Waals surface area contributed by atoms with Gasteiger partial charge in [-0.15, -0.1) is 13.2 Å². The number of benzene rings is 2. The number of hydrogen-bond acceptors (Lipinski definition) is 1. The minimum Gasteiger partial charge on any atom is -0.406 e. The molecule has 2 aromatic carbocycles. The maximum absolute atomic E-state index is 14.0. The first-order chi connectivity index (χ1) is 9.26. The second-order valence-electron chi connectivity index (χ2n) is 4.16. The molecule has 106 valence electrons. The summed E-state index contributed by atoms with van der Waals surface area (Å²) in [5, 5.41) is 0. The lowest BCUT2D eigenvalue weighted by Gasteiger charge is -2.10. The van der Waals surface area contributed by atoms with Crippen molar-refractivity contribution in [3.63, 3.8) is 0 Å². The van der Waals surface area contributed by atoms with Gasteiger partial charge in [-0.2, -0.15) is 0 Å². The lowest BCUT2D eigenvalue weighted by atomic mass is 10.0. The second-order valence-corrected chi connectivity index (χ2v) is 5.07. The van der Waals surface area contributed by atoms with Crippen LogP contribution in [0, 0.1) is 12.7 Å². The minimum absolute atomic E-state index is 0.315. The maximum Gasteiger partial charge on any atom is 0.573 e. The van der Waals surface area contributed by atoms with E-state index in [1.165, 1.54) is 12.1 Å². The van der Waals surface area contributed by atoms with E-state index in [4.69, 9.17) is 0 Å². The Morgan fingerprint density at radius 3 is 2.20 bits per heavy atom. The number of ether oxygens (including phenoxy) is 1. The van der Waals surface area contributed by atoms with Crippen LogP contribution in [0.3, 0.4) is 0 Å². The smallest absolute Gasteiger partial charge is 0.406 e. The standard InChI is InChI=1S/C14H9BrF4O/c1-8-6-10(15)7-12(13(8)16)9-2-4-11(5-3-9)20-14(17,18)19/h2-7H,1H3. The molecule has 0 bridgehead atoms. The molecule has 0 amide bonds. The van der Waals surface area contributed by atoms with Crippen molar-refractivity contribution < 1.29 is 22.3 Å². The summed E-state index contributed by atoms with van der Waals surface area (Å²) in [5.41, 5.74) is 1.24. The molecule has 0 aliphatic rings. The van der Waals surface area contributed by atoms with Crippen LogP contribution in [-0.2, 0) is 0 Å². The normalized spacial score (nSPS) is 11.5. The Morgan fingerprint density at radius 1 is 1.05 bits per heavy atom. The van der Waals surface area contributed by atoms with Crippen molar-refractivity contribution in [2.24, 2.45) is 0 Å². The molecular weight excluding hydrogens is 340 g/mol. The van der Waals surface area contributed by atoms with E-state index >= 15 is 0 Å². The van der Waals surface area contributed by atoms with Crippen molar-refractivity contribution in [3.05, 3.63) is 52.3 Å². The van der Waals surface area contributed by atoms with E-state index < -0.39 is 12.2 Å². The van der Waals surface area contributed by atoms with Crippen LogP contribution in [0.2, 0.25) is 0 Å². The summed E-state index contributed by atoms with van der Waals surface area (Å²) >= 11 is 3.26. The van der Waals surface area contributed by atoms with E-state index in [-0.39, 0.29) is 5.75 Å². The van der Waals surface area contributed by atoms with Gasteiger partial charge >= 0.3 is 6.36 Å². The molecule has 1 nitrogen and oxygen atoms in total. The number of halogens is 5. The van der Waals surface area contributed by atoms with Crippen LogP contribution in [0.4, 0.5) is 17.6 Å². The molecule has 0 radical (unpaired) electrons. The number of hydrogen-bond donors (Lipinski definition) is 0. The molecule has 2 aromatic rings. The highest BCUT2D eigenvalue weighted by atomic mass is 79.9. The summed E-state index contributed by atoms with van der Waals surface area (Å²) in [4.78, 5) is 0. The van der Waals surface area contributed by atoms with Crippen LogP contribution in [0.25, 0.3) is 11.1 Å². The summed E-state index contributed by atoms with van der Waals surface area (Å²) < 4.78 is 54.6. The minimum atomic E-state index is -4.74. The Labute approximate surface area is 121 Å². The largest absolute Gasteiger partial charge is 0.573 e. The Kier molecular flexibility index (Phi) is 4.04. The predicted octanol–water partition coefficient (Wildman–Crippen LogP) is 5.46. The lowest BCUT2D eigenvalue weighted by molar-refractivity contribution is -0.274. The molecule has 0 N–H and O–H groups in total. The highest BCUT2D eigenvalue weighted by Crippen LogP contribution is 2.31. The van der Waals surface area contributed by atoms with Gasteiger partial charge in [0.05, 0.1) is 0 Å². The molecule has 0 spiro atoms. The van der Waals surface area contributed by atoms with Crippen LogP contribution >= 0.6 is 15.9 Å². The zero-order valence-corrected chi connectivity index (χ0v) is 11.8. The van der Waals surface area contributed by atoms with E-state index in [0.29, 0.717) is 21.2 Å². The van der Waals surface area contributed by atoms with Gasteiger partial charge in [0.25, 0.3) is 0 Å². The van der Waals surface area contributed by atoms with Crippen LogP contribution in [0.5, 0.6) is 5.75 Å². The molecule has 0 saturated carbocycles. The van der Waals surface area contributed by atoms with Crippen molar-refractivity contribution in [2.75, 3.05) is 0 Å². The first-order valence-electron chi connectivity index (χ1n) is 5.58. The van der Waals surface area contributed by atoms with Gasteiger partial charge in [0.15, 0.2) is 0 Å². The molecule has 6 heteroatoms. The average molecular weight is 349 g/mol. The Hall–Kier alpha value is -1.56.